The lowest BCUT2D eigenvalue weighted by Crippen LogP contribution is -2.37. The minimum atomic E-state index is -0.138. The van der Waals surface area contributed by atoms with Crippen molar-refractivity contribution < 1.29 is 9.21 Å². The van der Waals surface area contributed by atoms with Crippen molar-refractivity contribution in [2.24, 2.45) is 0 Å². The molecule has 1 fully saturated rings. The summed E-state index contributed by atoms with van der Waals surface area (Å²) in [5, 5.41) is 9.06. The number of nitrogens with one attached hydrogen (secondary N) is 1. The van der Waals surface area contributed by atoms with Crippen molar-refractivity contribution in [2.75, 3.05) is 13.1 Å². The first-order valence-corrected chi connectivity index (χ1v) is 11.7. The monoisotopic (exact) mass is 457 g/mol. The molecule has 0 spiro atoms. The second-order valence-corrected chi connectivity index (χ2v) is 8.85. The van der Waals surface area contributed by atoms with Gasteiger partial charge in [0.15, 0.2) is 0 Å². The van der Waals surface area contributed by atoms with Gasteiger partial charge in [0.25, 0.3) is 5.56 Å². The molecular weight excluding hydrogens is 430 g/mol. The molecule has 0 saturated carbocycles. The number of nitrogens with zero attached hydrogens (tertiary/aromatic N) is 4. The topological polar surface area (TPSA) is 105 Å². The number of piperidine rings is 1. The van der Waals surface area contributed by atoms with Crippen molar-refractivity contribution in [3.05, 3.63) is 76.2 Å². The van der Waals surface area contributed by atoms with Crippen LogP contribution in [0.25, 0.3) is 22.4 Å². The average Bonchev–Trinajstić information content (AvgIpc) is 3.35. The molecule has 34 heavy (non-hydrogen) atoms. The maximum Gasteiger partial charge on any atom is 0.258 e. The van der Waals surface area contributed by atoms with E-state index in [-0.39, 0.29) is 17.4 Å². The number of para-hydroxylation sites is 1. The molecule has 4 aromatic rings. The van der Waals surface area contributed by atoms with Gasteiger partial charge in [0, 0.05) is 37.4 Å². The molecule has 174 valence electrons. The van der Waals surface area contributed by atoms with E-state index in [0.717, 1.165) is 18.4 Å². The fourth-order valence-corrected chi connectivity index (χ4v) is 4.41. The number of hydrogen-bond acceptors (Lipinski definition) is 6. The van der Waals surface area contributed by atoms with Crippen LogP contribution in [0.3, 0.4) is 0 Å². The number of aryl methyl sites for hydroxylation is 2. The lowest BCUT2D eigenvalue weighted by Gasteiger charge is -2.30. The van der Waals surface area contributed by atoms with E-state index in [1.165, 1.54) is 5.56 Å². The molecule has 1 aliphatic heterocycles. The number of aromatic nitrogens is 4. The Morgan fingerprint density at radius 2 is 1.85 bits per heavy atom. The van der Waals surface area contributed by atoms with Crippen LogP contribution in [0.4, 0.5) is 0 Å². The van der Waals surface area contributed by atoms with Gasteiger partial charge in [-0.05, 0) is 50.5 Å². The number of H-pyrrole nitrogens is 1. The van der Waals surface area contributed by atoms with E-state index in [0.29, 0.717) is 60.9 Å². The fourth-order valence-electron chi connectivity index (χ4n) is 4.41. The highest BCUT2D eigenvalue weighted by atomic mass is 16.4. The Hall–Kier alpha value is -3.81. The zero-order valence-corrected chi connectivity index (χ0v) is 19.2. The molecule has 5 rings (SSSR count). The normalized spacial score (nSPS) is 14.6. The van der Waals surface area contributed by atoms with Gasteiger partial charge >= 0.3 is 0 Å². The van der Waals surface area contributed by atoms with E-state index in [1.807, 2.05) is 54.3 Å². The molecule has 0 radical (unpaired) electrons. The second-order valence-electron chi connectivity index (χ2n) is 8.85. The van der Waals surface area contributed by atoms with E-state index in [9.17, 15) is 9.59 Å². The smallest absolute Gasteiger partial charge is 0.258 e. The lowest BCUT2D eigenvalue weighted by atomic mass is 9.96. The van der Waals surface area contributed by atoms with Crippen LogP contribution in [0.1, 0.15) is 48.9 Å². The van der Waals surface area contributed by atoms with Gasteiger partial charge in [0.2, 0.25) is 17.7 Å². The Labute approximate surface area is 197 Å². The molecule has 0 unspecified atom stereocenters. The molecule has 8 heteroatoms. The largest absolute Gasteiger partial charge is 0.420 e. The highest BCUT2D eigenvalue weighted by Gasteiger charge is 2.27. The number of carbonyl (C=O) groups excluding carboxylic acids is 1. The third kappa shape index (κ3) is 4.76. The molecule has 0 atom stereocenters. The molecule has 8 nitrogen and oxygen atoms in total. The van der Waals surface area contributed by atoms with Crippen molar-refractivity contribution in [1.29, 1.82) is 0 Å². The molecule has 0 aliphatic carbocycles. The van der Waals surface area contributed by atoms with Gasteiger partial charge in [-0.15, -0.1) is 10.2 Å². The second kappa shape index (κ2) is 9.59. The number of fused-ring (bicyclic) bond motifs is 1. The molecule has 1 aliphatic rings. The summed E-state index contributed by atoms with van der Waals surface area (Å²) in [7, 11) is 0. The Bertz CT molecular complexity index is 1350. The van der Waals surface area contributed by atoms with Crippen molar-refractivity contribution in [2.45, 2.75) is 44.9 Å². The van der Waals surface area contributed by atoms with Crippen LogP contribution in [0, 0.1) is 6.92 Å². The van der Waals surface area contributed by atoms with E-state index < -0.39 is 0 Å². The van der Waals surface area contributed by atoms with Crippen LogP contribution >= 0.6 is 0 Å². The Kier molecular flexibility index (Phi) is 6.20. The van der Waals surface area contributed by atoms with E-state index >= 15 is 0 Å². The summed E-state index contributed by atoms with van der Waals surface area (Å²) in [4.78, 5) is 34.2. The third-order valence-corrected chi connectivity index (χ3v) is 6.40. The number of hydrogen-bond donors (Lipinski definition) is 1. The molecule has 2 aromatic carbocycles. The molecule has 1 amide bonds. The third-order valence-electron chi connectivity index (χ3n) is 6.40. The highest BCUT2D eigenvalue weighted by Crippen LogP contribution is 2.29. The summed E-state index contributed by atoms with van der Waals surface area (Å²) in [6.45, 7) is 3.40. The Balaban J connectivity index is 1.12. The number of amides is 1. The van der Waals surface area contributed by atoms with Crippen LogP contribution in [-0.2, 0) is 11.2 Å². The van der Waals surface area contributed by atoms with Gasteiger partial charge in [-0.25, -0.2) is 4.98 Å². The number of aromatic amines is 1. The Morgan fingerprint density at radius 1 is 1.09 bits per heavy atom. The number of benzene rings is 2. The van der Waals surface area contributed by atoms with Crippen LogP contribution in [-0.4, -0.2) is 44.1 Å². The van der Waals surface area contributed by atoms with Crippen molar-refractivity contribution in [3.8, 4) is 11.5 Å². The fraction of sp³-hybridized carbons (Fsp3) is 0.346. The number of carbonyl (C=O) groups is 1. The van der Waals surface area contributed by atoms with Crippen LogP contribution in [0.15, 0.2) is 57.7 Å². The van der Waals surface area contributed by atoms with E-state index in [4.69, 9.17) is 4.42 Å². The quantitative estimate of drug-likeness (QED) is 0.469. The van der Waals surface area contributed by atoms with Gasteiger partial charge < -0.3 is 14.3 Å². The predicted molar refractivity (Wildman–Crippen MR) is 128 cm³/mol. The summed E-state index contributed by atoms with van der Waals surface area (Å²) >= 11 is 0. The van der Waals surface area contributed by atoms with Gasteiger partial charge in [-0.1, -0.05) is 29.8 Å². The summed E-state index contributed by atoms with van der Waals surface area (Å²) < 4.78 is 5.94. The summed E-state index contributed by atoms with van der Waals surface area (Å²) in [6.07, 6.45) is 3.25. The SMILES string of the molecule is Cc1ccc(-c2nnc(C3CCN(C(=O)CCCc4nc5ccccc5c(=O)[nH]4)CC3)o2)cc1. The van der Waals surface area contributed by atoms with E-state index in [1.54, 1.807) is 6.07 Å². The average molecular weight is 458 g/mol. The Morgan fingerprint density at radius 3 is 2.65 bits per heavy atom. The van der Waals surface area contributed by atoms with Gasteiger partial charge in [-0.2, -0.15) is 0 Å². The molecule has 0 bridgehead atoms. The lowest BCUT2D eigenvalue weighted by molar-refractivity contribution is -0.132. The molecule has 3 heterocycles. The molecule has 1 N–H and O–H groups in total. The maximum atomic E-state index is 12.7. The van der Waals surface area contributed by atoms with Crippen LogP contribution in [0.2, 0.25) is 0 Å². The number of rotatable bonds is 6. The molecular formula is C26H27N5O3. The zero-order valence-electron chi connectivity index (χ0n) is 19.2. The van der Waals surface area contributed by atoms with Crippen LogP contribution < -0.4 is 5.56 Å². The first kappa shape index (κ1) is 22.0. The van der Waals surface area contributed by atoms with E-state index in [2.05, 4.69) is 20.2 Å². The van der Waals surface area contributed by atoms with Crippen molar-refractivity contribution in [1.82, 2.24) is 25.1 Å². The summed E-state index contributed by atoms with van der Waals surface area (Å²) in [6, 6.07) is 15.3. The first-order valence-electron chi connectivity index (χ1n) is 11.7. The maximum absolute atomic E-state index is 12.7. The zero-order chi connectivity index (χ0) is 23.5. The van der Waals surface area contributed by atoms with Crippen LogP contribution in [0.5, 0.6) is 0 Å². The molecule has 1 saturated heterocycles. The standard InChI is InChI=1S/C26H27N5O3/c1-17-9-11-18(12-10-17)25-29-30-26(34-25)19-13-15-31(16-14-19)23(32)8-4-7-22-27-21-6-3-2-5-20(21)24(33)28-22/h2-3,5-6,9-12,19H,4,7-8,13-16H2,1H3,(H,27,28,33). The number of likely N-dealkylation sites (tertiary alicyclic amines) is 1. The van der Waals surface area contributed by atoms with Gasteiger partial charge in [-0.3, -0.25) is 9.59 Å². The van der Waals surface area contributed by atoms with Crippen molar-refractivity contribution in [3.63, 3.8) is 0 Å². The van der Waals surface area contributed by atoms with Crippen molar-refractivity contribution >= 4 is 16.8 Å². The predicted octanol–water partition coefficient (Wildman–Crippen LogP) is 4.01. The minimum absolute atomic E-state index is 0.132. The first-order chi connectivity index (χ1) is 16.6. The molecule has 2 aromatic heterocycles. The van der Waals surface area contributed by atoms with Gasteiger partial charge in [0.1, 0.15) is 5.82 Å². The minimum Gasteiger partial charge on any atom is -0.420 e. The highest BCUT2D eigenvalue weighted by molar-refractivity contribution is 5.77. The summed E-state index contributed by atoms with van der Waals surface area (Å²) in [5.74, 6) is 2.11. The summed E-state index contributed by atoms with van der Waals surface area (Å²) in [5.41, 5.74) is 2.64. The van der Waals surface area contributed by atoms with Gasteiger partial charge in [0.05, 0.1) is 10.9 Å².